The summed E-state index contributed by atoms with van der Waals surface area (Å²) in [4.78, 5) is 12.2. The summed E-state index contributed by atoms with van der Waals surface area (Å²) < 4.78 is 15.4. The Morgan fingerprint density at radius 1 is 1.04 bits per heavy atom. The van der Waals surface area contributed by atoms with Crippen molar-refractivity contribution in [3.05, 3.63) is 41.5 Å². The number of ether oxygens (including phenoxy) is 3. The second kappa shape index (κ2) is 7.65. The quantitative estimate of drug-likeness (QED) is 0.667. The largest absolute Gasteiger partial charge is 0.504 e. The summed E-state index contributed by atoms with van der Waals surface area (Å²) >= 11 is 0. The van der Waals surface area contributed by atoms with E-state index >= 15 is 0 Å². The van der Waals surface area contributed by atoms with Crippen LogP contribution in [0.5, 0.6) is 28.7 Å². The summed E-state index contributed by atoms with van der Waals surface area (Å²) in [5.74, 6) is -0.789. The van der Waals surface area contributed by atoms with E-state index in [1.165, 1.54) is 20.3 Å². The van der Waals surface area contributed by atoms with Crippen LogP contribution in [0.2, 0.25) is 0 Å². The van der Waals surface area contributed by atoms with E-state index in [1.54, 1.807) is 24.3 Å². The van der Waals surface area contributed by atoms with Crippen LogP contribution in [-0.4, -0.2) is 42.1 Å². The van der Waals surface area contributed by atoms with E-state index in [-0.39, 0.29) is 47.9 Å². The van der Waals surface area contributed by atoms with Crippen LogP contribution in [-0.2, 0) is 22.4 Å². The molecule has 1 aliphatic heterocycles. The highest BCUT2D eigenvalue weighted by Crippen LogP contribution is 2.41. The van der Waals surface area contributed by atoms with Crippen molar-refractivity contribution < 1.29 is 34.3 Å². The first-order valence-corrected chi connectivity index (χ1v) is 8.55. The number of benzene rings is 2. The van der Waals surface area contributed by atoms with Crippen LogP contribution in [0.1, 0.15) is 11.1 Å². The summed E-state index contributed by atoms with van der Waals surface area (Å²) in [5, 5.41) is 29.8. The van der Waals surface area contributed by atoms with Crippen LogP contribution in [0.3, 0.4) is 0 Å². The van der Waals surface area contributed by atoms with Crippen molar-refractivity contribution in [3.8, 4) is 28.7 Å². The smallest absolute Gasteiger partial charge is 0.309 e. The van der Waals surface area contributed by atoms with Crippen LogP contribution in [0.15, 0.2) is 30.3 Å². The third-order valence-corrected chi connectivity index (χ3v) is 4.89. The van der Waals surface area contributed by atoms with Gasteiger partial charge in [0.2, 0.25) is 5.75 Å². The van der Waals surface area contributed by atoms with Crippen molar-refractivity contribution in [1.29, 1.82) is 0 Å². The molecule has 1 aliphatic rings. The number of carbonyl (C=O) groups is 1. The van der Waals surface area contributed by atoms with E-state index in [1.807, 2.05) is 0 Å². The van der Waals surface area contributed by atoms with Gasteiger partial charge < -0.3 is 29.5 Å². The standard InChI is InChI=1S/C20H22O7/c1-25-17-8-11(3-5-15(17)21)7-13-10-27-20(24)14(13)9-12-4-6-16(22)19(26-2)18(12)23/h3-6,8,13-14,21-23H,7,9-10H2,1-2H3/t13-,14+/m0/s1. The van der Waals surface area contributed by atoms with E-state index in [2.05, 4.69) is 0 Å². The normalized spacial score (nSPS) is 19.0. The number of phenols is 3. The van der Waals surface area contributed by atoms with E-state index < -0.39 is 5.92 Å². The zero-order valence-electron chi connectivity index (χ0n) is 15.1. The van der Waals surface area contributed by atoms with Crippen molar-refractivity contribution in [3.63, 3.8) is 0 Å². The SMILES string of the molecule is COc1cc(C[C@H]2COC(=O)[C@@H]2Cc2ccc(O)c(OC)c2O)ccc1O. The van der Waals surface area contributed by atoms with Gasteiger partial charge in [0.15, 0.2) is 23.0 Å². The average Bonchev–Trinajstić information content (AvgIpc) is 2.99. The van der Waals surface area contributed by atoms with Crippen molar-refractivity contribution in [2.75, 3.05) is 20.8 Å². The number of aromatic hydroxyl groups is 3. The Kier molecular flexibility index (Phi) is 5.30. The van der Waals surface area contributed by atoms with Gasteiger partial charge in [0.05, 0.1) is 26.7 Å². The molecule has 0 unspecified atom stereocenters. The number of esters is 1. The molecule has 0 aliphatic carbocycles. The first kappa shape index (κ1) is 18.7. The molecule has 0 aromatic heterocycles. The second-order valence-electron chi connectivity index (χ2n) is 6.54. The highest BCUT2D eigenvalue weighted by Gasteiger charge is 2.37. The van der Waals surface area contributed by atoms with Crippen molar-refractivity contribution in [2.45, 2.75) is 12.8 Å². The molecule has 0 saturated carbocycles. The number of phenolic OH excluding ortho intramolecular Hbond substituents is 3. The molecule has 1 heterocycles. The summed E-state index contributed by atoms with van der Waals surface area (Å²) in [6, 6.07) is 8.06. The molecule has 2 aromatic carbocycles. The predicted octanol–water partition coefficient (Wildman–Crippen LogP) is 2.40. The van der Waals surface area contributed by atoms with Gasteiger partial charge in [0.25, 0.3) is 0 Å². The Bertz CT molecular complexity index is 846. The average molecular weight is 374 g/mol. The van der Waals surface area contributed by atoms with Crippen LogP contribution in [0.25, 0.3) is 0 Å². The molecule has 0 bridgehead atoms. The van der Waals surface area contributed by atoms with E-state index in [9.17, 15) is 20.1 Å². The lowest BCUT2D eigenvalue weighted by Crippen LogP contribution is -2.20. The fraction of sp³-hybridized carbons (Fsp3) is 0.350. The summed E-state index contributed by atoms with van der Waals surface area (Å²) in [7, 11) is 2.83. The molecule has 2 atom stereocenters. The maximum absolute atomic E-state index is 12.2. The number of carbonyl (C=O) groups excluding carboxylic acids is 1. The Morgan fingerprint density at radius 3 is 2.48 bits per heavy atom. The minimum Gasteiger partial charge on any atom is -0.504 e. The molecule has 7 nitrogen and oxygen atoms in total. The third kappa shape index (κ3) is 3.72. The van der Waals surface area contributed by atoms with E-state index in [4.69, 9.17) is 14.2 Å². The lowest BCUT2D eigenvalue weighted by molar-refractivity contribution is -0.141. The fourth-order valence-electron chi connectivity index (χ4n) is 3.41. The first-order valence-electron chi connectivity index (χ1n) is 8.55. The lowest BCUT2D eigenvalue weighted by atomic mass is 9.84. The maximum Gasteiger partial charge on any atom is 0.309 e. The fourth-order valence-corrected chi connectivity index (χ4v) is 3.41. The highest BCUT2D eigenvalue weighted by atomic mass is 16.5. The highest BCUT2D eigenvalue weighted by molar-refractivity contribution is 5.75. The molecular weight excluding hydrogens is 352 g/mol. The van der Waals surface area contributed by atoms with Crippen molar-refractivity contribution in [2.24, 2.45) is 11.8 Å². The minimum absolute atomic E-state index is 0.0151. The molecule has 2 aromatic rings. The van der Waals surface area contributed by atoms with E-state index in [0.29, 0.717) is 17.7 Å². The molecule has 1 saturated heterocycles. The van der Waals surface area contributed by atoms with Gasteiger partial charge >= 0.3 is 5.97 Å². The molecule has 27 heavy (non-hydrogen) atoms. The molecule has 3 rings (SSSR count). The van der Waals surface area contributed by atoms with Gasteiger partial charge in [-0.15, -0.1) is 0 Å². The van der Waals surface area contributed by atoms with Crippen molar-refractivity contribution >= 4 is 5.97 Å². The lowest BCUT2D eigenvalue weighted by Gasteiger charge is -2.17. The Balaban J connectivity index is 1.81. The molecule has 144 valence electrons. The Labute approximate surface area is 156 Å². The number of rotatable bonds is 6. The van der Waals surface area contributed by atoms with Gasteiger partial charge in [-0.2, -0.15) is 0 Å². The van der Waals surface area contributed by atoms with Crippen LogP contribution in [0.4, 0.5) is 0 Å². The van der Waals surface area contributed by atoms with Gasteiger partial charge in [-0.3, -0.25) is 4.79 Å². The van der Waals surface area contributed by atoms with Gasteiger partial charge in [-0.1, -0.05) is 12.1 Å². The summed E-state index contributed by atoms with van der Waals surface area (Å²) in [6.45, 7) is 0.280. The number of hydrogen-bond acceptors (Lipinski definition) is 7. The first-order chi connectivity index (χ1) is 12.9. The third-order valence-electron chi connectivity index (χ3n) is 4.89. The molecule has 0 spiro atoms. The molecule has 0 radical (unpaired) electrons. The molecule has 0 amide bonds. The van der Waals surface area contributed by atoms with E-state index in [0.717, 1.165) is 5.56 Å². The van der Waals surface area contributed by atoms with Gasteiger partial charge in [-0.25, -0.2) is 0 Å². The second-order valence-corrected chi connectivity index (χ2v) is 6.54. The Hall–Kier alpha value is -3.09. The number of hydrogen-bond donors (Lipinski definition) is 3. The Morgan fingerprint density at radius 2 is 1.78 bits per heavy atom. The summed E-state index contributed by atoms with van der Waals surface area (Å²) in [5.41, 5.74) is 1.41. The number of cyclic esters (lactones) is 1. The predicted molar refractivity (Wildman–Crippen MR) is 96.3 cm³/mol. The van der Waals surface area contributed by atoms with Gasteiger partial charge in [0.1, 0.15) is 0 Å². The number of methoxy groups -OCH3 is 2. The minimum atomic E-state index is -0.440. The molecule has 3 N–H and O–H groups in total. The molecule has 1 fully saturated rings. The maximum atomic E-state index is 12.2. The molecular formula is C20H22O7. The van der Waals surface area contributed by atoms with Crippen LogP contribution >= 0.6 is 0 Å². The topological polar surface area (TPSA) is 105 Å². The monoisotopic (exact) mass is 374 g/mol. The van der Waals surface area contributed by atoms with Crippen LogP contribution in [0, 0.1) is 11.8 Å². The zero-order chi connectivity index (χ0) is 19.6. The van der Waals surface area contributed by atoms with Gasteiger partial charge in [-0.05, 0) is 42.2 Å². The summed E-state index contributed by atoms with van der Waals surface area (Å²) in [6.07, 6.45) is 0.824. The van der Waals surface area contributed by atoms with Gasteiger partial charge in [0, 0.05) is 5.92 Å². The zero-order valence-corrected chi connectivity index (χ0v) is 15.1. The molecule has 7 heteroatoms. The van der Waals surface area contributed by atoms with Crippen LogP contribution < -0.4 is 9.47 Å². The van der Waals surface area contributed by atoms with Crippen molar-refractivity contribution in [1.82, 2.24) is 0 Å².